The van der Waals surface area contributed by atoms with E-state index in [1.807, 2.05) is 13.8 Å². The third-order valence-corrected chi connectivity index (χ3v) is 4.75. The van der Waals surface area contributed by atoms with E-state index in [1.54, 1.807) is 6.92 Å². The van der Waals surface area contributed by atoms with E-state index in [4.69, 9.17) is 14.9 Å². The molecule has 0 aromatic carbocycles. The van der Waals surface area contributed by atoms with Crippen LogP contribution in [0.25, 0.3) is 0 Å². The number of rotatable bonds is 4. The molecule has 0 bridgehead atoms. The predicted octanol–water partition coefficient (Wildman–Crippen LogP) is 2.37. The number of amides is 1. The largest absolute Gasteiger partial charge is 0.481 e. The Kier molecular flexibility index (Phi) is 16.5. The van der Waals surface area contributed by atoms with E-state index in [0.29, 0.717) is 51.6 Å². The molecule has 1 aliphatic heterocycles. The van der Waals surface area contributed by atoms with Gasteiger partial charge in [-0.05, 0) is 26.2 Å². The monoisotopic (exact) mass is 459 g/mol. The maximum absolute atomic E-state index is 11.0. The fourth-order valence-corrected chi connectivity index (χ4v) is 3.10. The van der Waals surface area contributed by atoms with Gasteiger partial charge in [0.1, 0.15) is 17.6 Å². The summed E-state index contributed by atoms with van der Waals surface area (Å²) in [6, 6.07) is -0.641. The number of carbonyl (C=O) groups is 6. The van der Waals surface area contributed by atoms with Gasteiger partial charge < -0.3 is 20.3 Å². The molecule has 3 aliphatic rings. The lowest BCUT2D eigenvalue weighted by molar-refractivity contribution is -0.148. The lowest BCUT2D eigenvalue weighted by Gasteiger charge is -2.05. The van der Waals surface area contributed by atoms with Gasteiger partial charge in [0.25, 0.3) is 0 Å². The van der Waals surface area contributed by atoms with Gasteiger partial charge in [-0.2, -0.15) is 0 Å². The lowest BCUT2D eigenvalue weighted by atomic mass is 10.1. The molecular formula is C22H37NO9. The first-order valence-corrected chi connectivity index (χ1v) is 10.6. The van der Waals surface area contributed by atoms with Crippen LogP contribution in [0.5, 0.6) is 0 Å². The number of carboxylic acids is 2. The van der Waals surface area contributed by atoms with Crippen molar-refractivity contribution in [1.29, 1.82) is 0 Å². The molecule has 3 fully saturated rings. The maximum Gasteiger partial charge on any atom is 0.326 e. The molecule has 3 rings (SSSR count). The summed E-state index contributed by atoms with van der Waals surface area (Å²) >= 11 is 0. The van der Waals surface area contributed by atoms with E-state index >= 15 is 0 Å². The molecule has 10 nitrogen and oxygen atoms in total. The van der Waals surface area contributed by atoms with Crippen LogP contribution in [0.3, 0.4) is 0 Å². The highest BCUT2D eigenvalue weighted by Gasteiger charge is 2.29. The van der Waals surface area contributed by atoms with Crippen LogP contribution in [-0.2, 0) is 33.5 Å². The van der Waals surface area contributed by atoms with E-state index in [0.717, 1.165) is 0 Å². The summed E-state index contributed by atoms with van der Waals surface area (Å²) in [5.41, 5.74) is 0. The molecule has 1 amide bonds. The minimum absolute atomic E-state index is 0. The van der Waals surface area contributed by atoms with Crippen LogP contribution in [-0.4, -0.2) is 58.2 Å². The molecule has 3 N–H and O–H groups in total. The average Bonchev–Trinajstić information content (AvgIpc) is 3.46. The minimum atomic E-state index is -0.944. The van der Waals surface area contributed by atoms with Crippen LogP contribution in [0.2, 0.25) is 0 Å². The fraction of sp³-hybridized carbons (Fsp3) is 0.727. The summed E-state index contributed by atoms with van der Waals surface area (Å²) in [7, 11) is 0. The minimum Gasteiger partial charge on any atom is -0.481 e. The van der Waals surface area contributed by atoms with Gasteiger partial charge in [0, 0.05) is 32.1 Å². The van der Waals surface area contributed by atoms with Crippen molar-refractivity contribution < 1.29 is 43.7 Å². The highest BCUT2D eigenvalue weighted by Crippen LogP contribution is 2.23. The number of nitrogens with one attached hydrogen (secondary N) is 1. The van der Waals surface area contributed by atoms with Gasteiger partial charge in [0.05, 0.1) is 18.4 Å². The van der Waals surface area contributed by atoms with Crippen LogP contribution in [0.15, 0.2) is 0 Å². The second-order valence-electron chi connectivity index (χ2n) is 7.04. The molecular weight excluding hydrogens is 422 g/mol. The quantitative estimate of drug-likeness (QED) is 0.535. The number of esters is 1. The number of hydrogen-bond donors (Lipinski definition) is 3. The van der Waals surface area contributed by atoms with Crippen LogP contribution >= 0.6 is 0 Å². The highest BCUT2D eigenvalue weighted by atomic mass is 16.5. The molecule has 0 aromatic heterocycles. The summed E-state index contributed by atoms with van der Waals surface area (Å²) in [4.78, 5) is 63.0. The third kappa shape index (κ3) is 12.2. The summed E-state index contributed by atoms with van der Waals surface area (Å²) in [6.45, 7) is 6.18. The van der Waals surface area contributed by atoms with Crippen molar-refractivity contribution in [2.24, 2.45) is 11.8 Å². The van der Waals surface area contributed by atoms with Crippen molar-refractivity contribution in [3.63, 3.8) is 0 Å². The van der Waals surface area contributed by atoms with Crippen molar-refractivity contribution in [1.82, 2.24) is 5.32 Å². The molecule has 0 spiro atoms. The highest BCUT2D eigenvalue weighted by molar-refractivity contribution is 5.88. The second kappa shape index (κ2) is 16.9. The number of carbonyl (C=O) groups excluding carboxylic acids is 4. The number of hydrogen-bond acceptors (Lipinski definition) is 7. The van der Waals surface area contributed by atoms with E-state index in [1.165, 1.54) is 0 Å². The van der Waals surface area contributed by atoms with Crippen LogP contribution in [0.1, 0.15) is 79.6 Å². The Hall–Kier alpha value is -2.78. The van der Waals surface area contributed by atoms with Gasteiger partial charge in [-0.25, -0.2) is 4.79 Å². The molecule has 10 heteroatoms. The third-order valence-electron chi connectivity index (χ3n) is 4.75. The average molecular weight is 460 g/mol. The van der Waals surface area contributed by atoms with Gasteiger partial charge in [-0.15, -0.1) is 0 Å². The van der Waals surface area contributed by atoms with Gasteiger partial charge in [-0.1, -0.05) is 21.3 Å². The molecule has 1 heterocycles. The molecule has 3 unspecified atom stereocenters. The summed E-state index contributed by atoms with van der Waals surface area (Å²) in [5, 5.41) is 19.0. The van der Waals surface area contributed by atoms with Gasteiger partial charge in [0.15, 0.2) is 0 Å². The Morgan fingerprint density at radius 2 is 1.38 bits per heavy atom. The van der Waals surface area contributed by atoms with Crippen LogP contribution in [0.4, 0.5) is 0 Å². The van der Waals surface area contributed by atoms with E-state index in [2.05, 4.69) is 5.32 Å². The van der Waals surface area contributed by atoms with Crippen molar-refractivity contribution >= 4 is 35.4 Å². The molecule has 1 saturated heterocycles. The SMILES string of the molecule is C.CC.CCOC(=O)C1CCC(=O)C1.O=C1CCC(C(=O)O)C1.O=C1CCC(C(=O)O)N1. The van der Waals surface area contributed by atoms with Crippen molar-refractivity contribution in [3.8, 4) is 0 Å². The number of ether oxygens (including phenoxy) is 1. The lowest BCUT2D eigenvalue weighted by Crippen LogP contribution is -2.32. The first kappa shape index (κ1) is 31.4. The predicted molar refractivity (Wildman–Crippen MR) is 116 cm³/mol. The van der Waals surface area contributed by atoms with Gasteiger partial charge in [0.2, 0.25) is 5.91 Å². The standard InChI is InChI=1S/C8H12O3.C6H8O3.C5H7NO3.C2H6.CH4/c1-2-11-8(10)6-3-4-7(9)5-6;7-5-2-1-4(3-5)6(8)9;7-4-2-1-3(6-4)5(8)9;1-2;/h6H,2-5H2,1H3;4H,1-3H2,(H,8,9);3H,1-2H2,(H,6,7)(H,8,9);1-2H3;1H4. The van der Waals surface area contributed by atoms with Crippen molar-refractivity contribution in [3.05, 3.63) is 0 Å². The Balaban J connectivity index is 0. The van der Waals surface area contributed by atoms with Gasteiger partial charge in [-0.3, -0.25) is 24.0 Å². The van der Waals surface area contributed by atoms with Crippen LogP contribution < -0.4 is 5.32 Å². The number of Topliss-reactive ketones (excluding diaryl/α,β-unsaturated/α-hetero) is 2. The summed E-state index contributed by atoms with van der Waals surface area (Å²) in [5.74, 6) is -2.42. The second-order valence-corrected chi connectivity index (χ2v) is 7.04. The molecule has 0 radical (unpaired) electrons. The van der Waals surface area contributed by atoms with Crippen LogP contribution in [0, 0.1) is 11.8 Å². The van der Waals surface area contributed by atoms with Crippen molar-refractivity contribution in [2.45, 2.75) is 85.6 Å². The normalized spacial score (nSPS) is 23.1. The molecule has 32 heavy (non-hydrogen) atoms. The Morgan fingerprint density at radius 3 is 1.62 bits per heavy atom. The van der Waals surface area contributed by atoms with E-state index in [-0.39, 0.29) is 43.2 Å². The smallest absolute Gasteiger partial charge is 0.326 e. The fourth-order valence-electron chi connectivity index (χ4n) is 3.10. The molecule has 2 saturated carbocycles. The zero-order valence-corrected chi connectivity index (χ0v) is 18.3. The Bertz CT molecular complexity index is 624. The first-order chi connectivity index (χ1) is 14.6. The number of ketones is 2. The Labute approximate surface area is 189 Å². The summed E-state index contributed by atoms with van der Waals surface area (Å²) < 4.78 is 4.78. The first-order valence-electron chi connectivity index (χ1n) is 10.6. The zero-order chi connectivity index (χ0) is 24.0. The molecule has 184 valence electrons. The number of aliphatic carboxylic acids is 2. The summed E-state index contributed by atoms with van der Waals surface area (Å²) in [6.07, 6.45) is 3.62. The molecule has 2 aliphatic carbocycles. The maximum atomic E-state index is 11.0. The topological polar surface area (TPSA) is 164 Å². The molecule has 0 aromatic rings. The van der Waals surface area contributed by atoms with E-state index in [9.17, 15) is 28.8 Å². The van der Waals surface area contributed by atoms with Gasteiger partial charge >= 0.3 is 17.9 Å². The zero-order valence-electron chi connectivity index (χ0n) is 18.3. The van der Waals surface area contributed by atoms with E-state index < -0.39 is 23.9 Å². The number of carboxylic acid groups (broad SMARTS) is 2. The molecule has 3 atom stereocenters. The van der Waals surface area contributed by atoms with Crippen molar-refractivity contribution in [2.75, 3.05) is 6.61 Å². The Morgan fingerprint density at radius 1 is 0.875 bits per heavy atom.